The van der Waals surface area contributed by atoms with E-state index < -0.39 is 6.10 Å². The first-order valence-corrected chi connectivity index (χ1v) is 11.9. The van der Waals surface area contributed by atoms with Crippen LogP contribution in [0.3, 0.4) is 0 Å². The molecular weight excluding hydrogens is 428 g/mol. The number of benzene rings is 2. The number of allylic oxidation sites excluding steroid dienone is 1. The third kappa shape index (κ3) is 7.58. The Morgan fingerprint density at radius 3 is 2.41 bits per heavy atom. The molecule has 1 aliphatic heterocycles. The average molecular weight is 467 g/mol. The summed E-state index contributed by atoms with van der Waals surface area (Å²) in [5, 5.41) is 13.6. The molecule has 1 fully saturated rings. The number of hydrogen-bond donors (Lipinski definition) is 2. The van der Waals surface area contributed by atoms with E-state index in [0.29, 0.717) is 24.5 Å². The predicted molar refractivity (Wildman–Crippen MR) is 138 cm³/mol. The Morgan fingerprint density at radius 2 is 1.79 bits per heavy atom. The van der Waals surface area contributed by atoms with Gasteiger partial charge in [-0.1, -0.05) is 30.3 Å². The van der Waals surface area contributed by atoms with Crippen molar-refractivity contribution >= 4 is 17.0 Å². The van der Waals surface area contributed by atoms with E-state index in [1.54, 1.807) is 13.1 Å². The highest BCUT2D eigenvalue weighted by Gasteiger charge is 2.20. The zero-order valence-electron chi connectivity index (χ0n) is 20.8. The van der Waals surface area contributed by atoms with Gasteiger partial charge in [0.2, 0.25) is 0 Å². The van der Waals surface area contributed by atoms with Crippen molar-refractivity contribution in [3.63, 3.8) is 0 Å². The first-order valence-electron chi connectivity index (χ1n) is 11.9. The number of nitrogens with one attached hydrogen (secondary N) is 1. The van der Waals surface area contributed by atoms with Gasteiger partial charge in [0.15, 0.2) is 5.78 Å². The van der Waals surface area contributed by atoms with Gasteiger partial charge in [0.1, 0.15) is 18.5 Å². The van der Waals surface area contributed by atoms with Gasteiger partial charge < -0.3 is 20.1 Å². The van der Waals surface area contributed by atoms with E-state index in [4.69, 9.17) is 4.74 Å². The summed E-state index contributed by atoms with van der Waals surface area (Å²) in [6.07, 6.45) is 1.19. The molecule has 184 valence electrons. The van der Waals surface area contributed by atoms with Crippen molar-refractivity contribution in [2.45, 2.75) is 20.0 Å². The van der Waals surface area contributed by atoms with Crippen LogP contribution in [0, 0.1) is 6.92 Å². The number of para-hydroxylation sites is 1. The quantitative estimate of drug-likeness (QED) is 0.390. The lowest BCUT2D eigenvalue weighted by Gasteiger charge is -2.37. The van der Waals surface area contributed by atoms with Crippen LogP contribution in [-0.2, 0) is 4.79 Å². The standard InChI is InChI=1S/C27H38N4O3/c1-21-7-5-6-8-27(21)31-15-13-30(14-16-31)18-24(33)19-34-25-11-9-23(10-12-25)26(22(2)32)17-28-20-29(3)4/h5-12,17,24,28,33H,13-16,18-20H2,1-4H3. The fourth-order valence-corrected chi connectivity index (χ4v) is 4.08. The number of carbonyl (C=O) groups excluding carboxylic acids is 1. The number of ketones is 1. The number of Topliss-reactive ketones (excluding diaryl/α,β-unsaturated/α-hetero) is 1. The van der Waals surface area contributed by atoms with Gasteiger partial charge in [0, 0.05) is 50.2 Å². The zero-order chi connectivity index (χ0) is 24.5. The SMILES string of the molecule is CC(=O)C(=CNCN(C)C)c1ccc(OCC(O)CN2CCN(c3ccccc3C)CC2)cc1. The number of rotatable bonds is 11. The van der Waals surface area contributed by atoms with Crippen molar-refractivity contribution in [2.75, 3.05) is 65.0 Å². The topological polar surface area (TPSA) is 68.3 Å². The van der Waals surface area contributed by atoms with Crippen LogP contribution in [-0.4, -0.2) is 86.9 Å². The number of carbonyl (C=O) groups is 1. The van der Waals surface area contributed by atoms with Gasteiger partial charge in [0.05, 0.1) is 6.67 Å². The summed E-state index contributed by atoms with van der Waals surface area (Å²) in [4.78, 5) is 18.7. The van der Waals surface area contributed by atoms with Crippen LogP contribution < -0.4 is 15.0 Å². The molecule has 0 radical (unpaired) electrons. The van der Waals surface area contributed by atoms with Crippen LogP contribution >= 0.6 is 0 Å². The highest BCUT2D eigenvalue weighted by molar-refractivity contribution is 6.19. The summed E-state index contributed by atoms with van der Waals surface area (Å²) in [6.45, 7) is 8.93. The van der Waals surface area contributed by atoms with Gasteiger partial charge in [-0.15, -0.1) is 0 Å². The Bertz CT molecular complexity index is 951. The van der Waals surface area contributed by atoms with Gasteiger partial charge in [-0.2, -0.15) is 0 Å². The molecule has 7 nitrogen and oxygen atoms in total. The number of aryl methyl sites for hydroxylation is 1. The monoisotopic (exact) mass is 466 g/mol. The molecule has 0 saturated carbocycles. The fourth-order valence-electron chi connectivity index (χ4n) is 4.08. The molecule has 2 N–H and O–H groups in total. The molecule has 0 amide bonds. The average Bonchev–Trinajstić information content (AvgIpc) is 2.81. The summed E-state index contributed by atoms with van der Waals surface area (Å²) >= 11 is 0. The van der Waals surface area contributed by atoms with Crippen LogP contribution in [0.5, 0.6) is 5.75 Å². The third-order valence-corrected chi connectivity index (χ3v) is 5.94. The first-order chi connectivity index (χ1) is 16.3. The third-order valence-electron chi connectivity index (χ3n) is 5.94. The van der Waals surface area contributed by atoms with Crippen LogP contribution in [0.2, 0.25) is 0 Å². The molecule has 1 unspecified atom stereocenters. The second kappa shape index (κ2) is 12.6. The highest BCUT2D eigenvalue weighted by Crippen LogP contribution is 2.21. The maximum atomic E-state index is 12.0. The number of β-amino-alcohol motifs (C(OH)–C–C–N with tert-alkyl or cyclic N) is 1. The second-order valence-electron chi connectivity index (χ2n) is 9.12. The van der Waals surface area contributed by atoms with E-state index in [1.165, 1.54) is 11.3 Å². The number of aliphatic hydroxyl groups is 1. The summed E-state index contributed by atoms with van der Waals surface area (Å²) in [5.74, 6) is 0.675. The minimum atomic E-state index is -0.562. The molecule has 34 heavy (non-hydrogen) atoms. The highest BCUT2D eigenvalue weighted by atomic mass is 16.5. The molecule has 7 heteroatoms. The number of piperazine rings is 1. The number of nitrogens with zero attached hydrogens (tertiary/aromatic N) is 3. The van der Waals surface area contributed by atoms with Crippen molar-refractivity contribution in [3.8, 4) is 5.75 Å². The van der Waals surface area contributed by atoms with E-state index in [9.17, 15) is 9.90 Å². The van der Waals surface area contributed by atoms with Gasteiger partial charge in [-0.3, -0.25) is 14.6 Å². The number of hydrogen-bond acceptors (Lipinski definition) is 7. The Hall–Kier alpha value is -2.87. The Labute approximate surface area is 203 Å². The fraction of sp³-hybridized carbons (Fsp3) is 0.444. The van der Waals surface area contributed by atoms with Crippen molar-refractivity contribution in [1.29, 1.82) is 0 Å². The summed E-state index contributed by atoms with van der Waals surface area (Å²) in [5.41, 5.74) is 4.05. The Morgan fingerprint density at radius 1 is 1.12 bits per heavy atom. The predicted octanol–water partition coefficient (Wildman–Crippen LogP) is 2.60. The molecule has 0 bridgehead atoms. The summed E-state index contributed by atoms with van der Waals surface area (Å²) < 4.78 is 5.81. The van der Waals surface area contributed by atoms with Gasteiger partial charge in [0.25, 0.3) is 0 Å². The number of anilines is 1. The molecule has 1 heterocycles. The molecule has 1 atom stereocenters. The zero-order valence-corrected chi connectivity index (χ0v) is 20.8. The van der Waals surface area contributed by atoms with Crippen molar-refractivity contribution in [3.05, 3.63) is 65.9 Å². The molecule has 0 aromatic heterocycles. The van der Waals surface area contributed by atoms with Crippen molar-refractivity contribution in [1.82, 2.24) is 15.1 Å². The lowest BCUT2D eigenvalue weighted by atomic mass is 10.0. The van der Waals surface area contributed by atoms with Gasteiger partial charge in [-0.05, 0) is 57.3 Å². The number of aliphatic hydroxyl groups excluding tert-OH is 1. The Kier molecular flexibility index (Phi) is 9.51. The number of ether oxygens (including phenoxy) is 1. The van der Waals surface area contributed by atoms with Crippen LogP contribution in [0.1, 0.15) is 18.1 Å². The maximum absolute atomic E-state index is 12.0. The second-order valence-corrected chi connectivity index (χ2v) is 9.12. The maximum Gasteiger partial charge on any atom is 0.161 e. The molecule has 0 aliphatic carbocycles. The summed E-state index contributed by atoms with van der Waals surface area (Å²) in [7, 11) is 3.92. The van der Waals surface area contributed by atoms with Crippen LogP contribution in [0.25, 0.3) is 5.57 Å². The summed E-state index contributed by atoms with van der Waals surface area (Å²) in [6, 6.07) is 15.9. The lowest BCUT2D eigenvalue weighted by Crippen LogP contribution is -2.49. The molecular formula is C27H38N4O3. The van der Waals surface area contributed by atoms with E-state index >= 15 is 0 Å². The minimum absolute atomic E-state index is 0.00197. The molecule has 0 spiro atoms. The normalized spacial score (nSPS) is 15.9. The van der Waals surface area contributed by atoms with E-state index in [0.717, 1.165) is 31.7 Å². The Balaban J connectivity index is 1.45. The largest absolute Gasteiger partial charge is 0.491 e. The molecule has 2 aromatic rings. The lowest BCUT2D eigenvalue weighted by molar-refractivity contribution is -0.111. The van der Waals surface area contributed by atoms with E-state index in [-0.39, 0.29) is 12.4 Å². The molecule has 3 rings (SSSR count). The molecule has 2 aromatic carbocycles. The van der Waals surface area contributed by atoms with Crippen molar-refractivity contribution in [2.24, 2.45) is 0 Å². The van der Waals surface area contributed by atoms with Gasteiger partial charge in [-0.25, -0.2) is 0 Å². The minimum Gasteiger partial charge on any atom is -0.491 e. The smallest absolute Gasteiger partial charge is 0.161 e. The van der Waals surface area contributed by atoms with Crippen molar-refractivity contribution < 1.29 is 14.6 Å². The molecule has 1 aliphatic rings. The van der Waals surface area contributed by atoms with Gasteiger partial charge >= 0.3 is 0 Å². The van der Waals surface area contributed by atoms with E-state index in [1.807, 2.05) is 43.3 Å². The molecule has 1 saturated heterocycles. The van der Waals surface area contributed by atoms with E-state index in [2.05, 4.69) is 46.3 Å². The first kappa shape index (κ1) is 25.7. The van der Waals surface area contributed by atoms with Crippen LogP contribution in [0.4, 0.5) is 5.69 Å². The van der Waals surface area contributed by atoms with Crippen LogP contribution in [0.15, 0.2) is 54.7 Å².